The largest absolute Gasteiger partial charge is 0.454 e. The van der Waals surface area contributed by atoms with Crippen molar-refractivity contribution in [3.63, 3.8) is 0 Å². The maximum Gasteiger partial charge on any atom is 0.333 e. The van der Waals surface area contributed by atoms with E-state index in [2.05, 4.69) is 6.58 Å². The van der Waals surface area contributed by atoms with E-state index in [0.717, 1.165) is 6.42 Å². The molecule has 0 amide bonds. The summed E-state index contributed by atoms with van der Waals surface area (Å²) in [7, 11) is 0. The first-order valence-corrected chi connectivity index (χ1v) is 5.49. The molecule has 0 saturated carbocycles. The first-order chi connectivity index (χ1) is 8.04. The van der Waals surface area contributed by atoms with E-state index in [1.54, 1.807) is 19.1 Å². The minimum atomic E-state index is -0.538. The molecule has 17 heavy (non-hydrogen) atoms. The highest BCUT2D eigenvalue weighted by molar-refractivity contribution is 5.99. The lowest BCUT2D eigenvalue weighted by Gasteiger charge is -2.04. The van der Waals surface area contributed by atoms with Crippen molar-refractivity contribution in [3.05, 3.63) is 47.5 Å². The fraction of sp³-hybridized carbons (Fsp3) is 0.286. The Balaban J connectivity index is 2.58. The summed E-state index contributed by atoms with van der Waals surface area (Å²) >= 11 is 0. The van der Waals surface area contributed by atoms with Gasteiger partial charge in [-0.3, -0.25) is 4.79 Å². The van der Waals surface area contributed by atoms with Crippen LogP contribution in [0.25, 0.3) is 0 Å². The number of ether oxygens (including phenoxy) is 1. The molecule has 1 aromatic carbocycles. The predicted molar refractivity (Wildman–Crippen MR) is 65.9 cm³/mol. The van der Waals surface area contributed by atoms with Gasteiger partial charge in [-0.25, -0.2) is 4.79 Å². The Hall–Kier alpha value is -1.90. The second-order valence-corrected chi connectivity index (χ2v) is 3.83. The van der Waals surface area contributed by atoms with E-state index in [-0.39, 0.29) is 12.4 Å². The van der Waals surface area contributed by atoms with E-state index in [1.807, 2.05) is 19.1 Å². The average molecular weight is 232 g/mol. The molecule has 0 radical (unpaired) electrons. The highest BCUT2D eigenvalue weighted by Gasteiger charge is 2.09. The van der Waals surface area contributed by atoms with Gasteiger partial charge in [0.15, 0.2) is 12.4 Å². The Morgan fingerprint density at radius 3 is 2.29 bits per heavy atom. The zero-order chi connectivity index (χ0) is 12.8. The lowest BCUT2D eigenvalue weighted by Crippen LogP contribution is -2.14. The number of ketones is 1. The van der Waals surface area contributed by atoms with Crippen LogP contribution in [0.3, 0.4) is 0 Å². The lowest BCUT2D eigenvalue weighted by molar-refractivity contribution is -0.137. The summed E-state index contributed by atoms with van der Waals surface area (Å²) in [6, 6.07) is 7.28. The third-order valence-corrected chi connectivity index (χ3v) is 2.37. The Morgan fingerprint density at radius 1 is 1.24 bits per heavy atom. The molecule has 0 bridgehead atoms. The first kappa shape index (κ1) is 13.2. The standard InChI is InChI=1S/C14H16O3/c1-4-11-5-7-12(8-6-11)13(15)9-17-14(16)10(2)3/h5-8H,2,4,9H2,1,3H3. The van der Waals surface area contributed by atoms with Crippen LogP contribution in [0, 0.1) is 0 Å². The second-order valence-electron chi connectivity index (χ2n) is 3.83. The van der Waals surface area contributed by atoms with Gasteiger partial charge >= 0.3 is 5.97 Å². The number of carbonyl (C=O) groups is 2. The highest BCUT2D eigenvalue weighted by atomic mass is 16.5. The van der Waals surface area contributed by atoms with Crippen LogP contribution in [0.4, 0.5) is 0 Å². The van der Waals surface area contributed by atoms with Gasteiger partial charge in [-0.15, -0.1) is 0 Å². The van der Waals surface area contributed by atoms with E-state index in [0.29, 0.717) is 11.1 Å². The molecule has 0 fully saturated rings. The number of aryl methyl sites for hydroxylation is 1. The highest BCUT2D eigenvalue weighted by Crippen LogP contribution is 2.06. The average Bonchev–Trinajstić information content (AvgIpc) is 2.35. The molecule has 3 heteroatoms. The molecule has 0 unspecified atom stereocenters. The van der Waals surface area contributed by atoms with Gasteiger partial charge in [-0.1, -0.05) is 37.8 Å². The molecule has 90 valence electrons. The third-order valence-electron chi connectivity index (χ3n) is 2.37. The molecule has 1 aromatic rings. The molecule has 3 nitrogen and oxygen atoms in total. The minimum Gasteiger partial charge on any atom is -0.454 e. The topological polar surface area (TPSA) is 43.4 Å². The van der Waals surface area contributed by atoms with Crippen LogP contribution < -0.4 is 0 Å². The van der Waals surface area contributed by atoms with Crippen molar-refractivity contribution >= 4 is 11.8 Å². The monoisotopic (exact) mass is 232 g/mol. The van der Waals surface area contributed by atoms with Gasteiger partial charge in [0.1, 0.15) is 0 Å². The Labute approximate surface area is 101 Å². The van der Waals surface area contributed by atoms with Gasteiger partial charge in [0, 0.05) is 11.1 Å². The molecule has 0 aliphatic heterocycles. The molecule has 0 aromatic heterocycles. The molecular weight excluding hydrogens is 216 g/mol. The van der Waals surface area contributed by atoms with Gasteiger partial charge in [-0.05, 0) is 18.9 Å². The molecule has 0 saturated heterocycles. The number of benzene rings is 1. The number of carbonyl (C=O) groups excluding carboxylic acids is 2. The van der Waals surface area contributed by atoms with Crippen molar-refractivity contribution in [1.29, 1.82) is 0 Å². The van der Waals surface area contributed by atoms with Crippen LogP contribution >= 0.6 is 0 Å². The van der Waals surface area contributed by atoms with Crippen molar-refractivity contribution in [3.8, 4) is 0 Å². The molecule has 0 spiro atoms. The van der Waals surface area contributed by atoms with E-state index in [4.69, 9.17) is 4.74 Å². The third kappa shape index (κ3) is 3.87. The van der Waals surface area contributed by atoms with Crippen LogP contribution in [0.5, 0.6) is 0 Å². The maximum atomic E-state index is 11.7. The van der Waals surface area contributed by atoms with Gasteiger partial charge in [-0.2, -0.15) is 0 Å². The smallest absolute Gasteiger partial charge is 0.333 e. The first-order valence-electron chi connectivity index (χ1n) is 5.49. The minimum absolute atomic E-state index is 0.206. The fourth-order valence-electron chi connectivity index (χ4n) is 1.26. The van der Waals surface area contributed by atoms with Crippen LogP contribution in [-0.4, -0.2) is 18.4 Å². The number of esters is 1. The van der Waals surface area contributed by atoms with E-state index < -0.39 is 5.97 Å². The number of hydrogen-bond acceptors (Lipinski definition) is 3. The van der Waals surface area contributed by atoms with Crippen LogP contribution in [0.1, 0.15) is 29.8 Å². The van der Waals surface area contributed by atoms with Crippen molar-refractivity contribution in [2.45, 2.75) is 20.3 Å². The summed E-state index contributed by atoms with van der Waals surface area (Å²) in [5.41, 5.74) is 2.01. The van der Waals surface area contributed by atoms with Crippen molar-refractivity contribution in [1.82, 2.24) is 0 Å². The lowest BCUT2D eigenvalue weighted by atomic mass is 10.1. The maximum absolute atomic E-state index is 11.7. The van der Waals surface area contributed by atoms with E-state index >= 15 is 0 Å². The van der Waals surface area contributed by atoms with Gasteiger partial charge in [0.05, 0.1) is 0 Å². The van der Waals surface area contributed by atoms with Crippen molar-refractivity contribution < 1.29 is 14.3 Å². The van der Waals surface area contributed by atoms with Gasteiger partial charge < -0.3 is 4.74 Å². The summed E-state index contributed by atoms with van der Waals surface area (Å²) in [6.07, 6.45) is 0.930. The molecule has 0 atom stereocenters. The van der Waals surface area contributed by atoms with Crippen molar-refractivity contribution in [2.75, 3.05) is 6.61 Å². The summed E-state index contributed by atoms with van der Waals surface area (Å²) < 4.78 is 4.79. The van der Waals surface area contributed by atoms with Crippen LogP contribution in [0.15, 0.2) is 36.4 Å². The molecular formula is C14H16O3. The Bertz CT molecular complexity index is 429. The summed E-state index contributed by atoms with van der Waals surface area (Å²) in [5.74, 6) is -0.745. The zero-order valence-electron chi connectivity index (χ0n) is 10.2. The molecule has 0 N–H and O–H groups in total. The van der Waals surface area contributed by atoms with E-state index in [9.17, 15) is 9.59 Å². The van der Waals surface area contributed by atoms with Crippen LogP contribution in [-0.2, 0) is 16.0 Å². The Morgan fingerprint density at radius 2 is 1.82 bits per heavy atom. The quantitative estimate of drug-likeness (QED) is 0.445. The van der Waals surface area contributed by atoms with Gasteiger partial charge in [0.2, 0.25) is 0 Å². The normalized spacial score (nSPS) is 9.76. The SMILES string of the molecule is C=C(C)C(=O)OCC(=O)c1ccc(CC)cc1. The molecule has 0 aliphatic carbocycles. The van der Waals surface area contributed by atoms with Gasteiger partial charge in [0.25, 0.3) is 0 Å². The summed E-state index contributed by atoms with van der Waals surface area (Å²) in [5, 5.41) is 0. The molecule has 0 aliphatic rings. The van der Waals surface area contributed by atoms with Crippen molar-refractivity contribution in [2.24, 2.45) is 0 Å². The summed E-state index contributed by atoms with van der Waals surface area (Å²) in [6.45, 7) is 6.80. The molecule has 1 rings (SSSR count). The number of Topliss-reactive ketones (excluding diaryl/α,β-unsaturated/α-hetero) is 1. The Kier molecular flexibility index (Phi) is 4.64. The van der Waals surface area contributed by atoms with Crippen LogP contribution in [0.2, 0.25) is 0 Å². The predicted octanol–water partition coefficient (Wildman–Crippen LogP) is 2.55. The fourth-order valence-corrected chi connectivity index (χ4v) is 1.26. The number of rotatable bonds is 5. The second kappa shape index (κ2) is 5.99. The number of hydrogen-bond donors (Lipinski definition) is 0. The van der Waals surface area contributed by atoms with E-state index in [1.165, 1.54) is 5.56 Å². The zero-order valence-corrected chi connectivity index (χ0v) is 10.2. The summed E-state index contributed by atoms with van der Waals surface area (Å²) in [4.78, 5) is 22.8. The molecule has 0 heterocycles.